The fraction of sp³-hybridized carbons (Fsp3) is 0.118. The molecule has 112 valence electrons. The Labute approximate surface area is 131 Å². The maximum absolute atomic E-state index is 14.2. The molecule has 0 aliphatic heterocycles. The first-order valence-corrected chi connectivity index (χ1v) is 7.22. The van der Waals surface area contributed by atoms with Crippen molar-refractivity contribution in [3.05, 3.63) is 65.1 Å². The molecular formula is C17H13ClFNO2. The average molecular weight is 318 g/mol. The zero-order valence-corrected chi connectivity index (χ0v) is 12.6. The molecule has 0 spiro atoms. The average Bonchev–Trinajstić information content (AvgIpc) is 2.86. The van der Waals surface area contributed by atoms with E-state index in [1.54, 1.807) is 49.4 Å². The van der Waals surface area contributed by atoms with Gasteiger partial charge in [-0.15, -0.1) is 0 Å². The Morgan fingerprint density at radius 2 is 2.00 bits per heavy atom. The van der Waals surface area contributed by atoms with Gasteiger partial charge in [0.1, 0.15) is 11.5 Å². The van der Waals surface area contributed by atoms with Gasteiger partial charge in [0.15, 0.2) is 0 Å². The van der Waals surface area contributed by atoms with Crippen LogP contribution < -0.4 is 0 Å². The van der Waals surface area contributed by atoms with Crippen LogP contribution in [-0.2, 0) is 4.74 Å². The van der Waals surface area contributed by atoms with Crippen LogP contribution in [0.2, 0.25) is 5.02 Å². The molecule has 3 rings (SSSR count). The first-order chi connectivity index (χ1) is 10.6. The molecule has 1 heterocycles. The zero-order chi connectivity index (χ0) is 15.7. The van der Waals surface area contributed by atoms with Crippen molar-refractivity contribution in [2.45, 2.75) is 6.92 Å². The first kappa shape index (κ1) is 14.6. The van der Waals surface area contributed by atoms with Gasteiger partial charge in [0.05, 0.1) is 17.8 Å². The Kier molecular flexibility index (Phi) is 3.86. The SMILES string of the molecule is CCOC(=O)c1cc2ccc(Cl)cc2n1-c1ccccc1F. The predicted octanol–water partition coefficient (Wildman–Crippen LogP) is 4.60. The highest BCUT2D eigenvalue weighted by Crippen LogP contribution is 2.28. The Morgan fingerprint density at radius 1 is 1.23 bits per heavy atom. The van der Waals surface area contributed by atoms with Crippen LogP contribution in [0.15, 0.2) is 48.5 Å². The molecule has 0 unspecified atom stereocenters. The van der Waals surface area contributed by atoms with Crippen LogP contribution in [0.4, 0.5) is 4.39 Å². The van der Waals surface area contributed by atoms with Crippen LogP contribution >= 0.6 is 11.6 Å². The maximum Gasteiger partial charge on any atom is 0.355 e. The van der Waals surface area contributed by atoms with Gasteiger partial charge in [0.25, 0.3) is 0 Å². The molecule has 0 aliphatic rings. The second-order valence-electron chi connectivity index (χ2n) is 4.74. The summed E-state index contributed by atoms with van der Waals surface area (Å²) in [6.45, 7) is 1.98. The van der Waals surface area contributed by atoms with Gasteiger partial charge < -0.3 is 9.30 Å². The van der Waals surface area contributed by atoms with Crippen LogP contribution in [0.1, 0.15) is 17.4 Å². The molecule has 0 bridgehead atoms. The van der Waals surface area contributed by atoms with E-state index in [2.05, 4.69) is 0 Å². The molecule has 0 radical (unpaired) electrons. The molecule has 0 saturated heterocycles. The fourth-order valence-electron chi connectivity index (χ4n) is 2.42. The Morgan fingerprint density at radius 3 is 2.73 bits per heavy atom. The Bertz CT molecular complexity index is 857. The van der Waals surface area contributed by atoms with Crippen LogP contribution in [0.5, 0.6) is 0 Å². The van der Waals surface area contributed by atoms with Crippen molar-refractivity contribution in [1.82, 2.24) is 4.57 Å². The van der Waals surface area contributed by atoms with Crippen molar-refractivity contribution < 1.29 is 13.9 Å². The molecule has 3 nitrogen and oxygen atoms in total. The number of aromatic nitrogens is 1. The second-order valence-corrected chi connectivity index (χ2v) is 5.18. The molecule has 5 heteroatoms. The topological polar surface area (TPSA) is 31.2 Å². The molecule has 22 heavy (non-hydrogen) atoms. The third-order valence-corrected chi connectivity index (χ3v) is 3.58. The lowest BCUT2D eigenvalue weighted by Gasteiger charge is -2.11. The Balaban J connectivity index is 2.33. The maximum atomic E-state index is 14.2. The van der Waals surface area contributed by atoms with E-state index in [1.807, 2.05) is 0 Å². The van der Waals surface area contributed by atoms with Crippen molar-refractivity contribution in [1.29, 1.82) is 0 Å². The van der Waals surface area contributed by atoms with Gasteiger partial charge in [0, 0.05) is 10.4 Å². The minimum Gasteiger partial charge on any atom is -0.461 e. The summed E-state index contributed by atoms with van der Waals surface area (Å²) in [6.07, 6.45) is 0. The smallest absolute Gasteiger partial charge is 0.355 e. The largest absolute Gasteiger partial charge is 0.461 e. The Hall–Kier alpha value is -2.33. The number of carbonyl (C=O) groups excluding carboxylic acids is 1. The van der Waals surface area contributed by atoms with E-state index in [0.29, 0.717) is 10.5 Å². The summed E-state index contributed by atoms with van der Waals surface area (Å²) in [6, 6.07) is 13.2. The zero-order valence-electron chi connectivity index (χ0n) is 11.8. The van der Waals surface area contributed by atoms with E-state index >= 15 is 0 Å². The molecular weight excluding hydrogens is 305 g/mol. The number of hydrogen-bond donors (Lipinski definition) is 0. The van der Waals surface area contributed by atoms with E-state index < -0.39 is 11.8 Å². The summed E-state index contributed by atoms with van der Waals surface area (Å²) in [5.41, 5.74) is 1.20. The number of ether oxygens (including phenoxy) is 1. The van der Waals surface area contributed by atoms with E-state index in [9.17, 15) is 9.18 Å². The van der Waals surface area contributed by atoms with E-state index in [1.165, 1.54) is 10.6 Å². The monoisotopic (exact) mass is 317 g/mol. The highest BCUT2D eigenvalue weighted by atomic mass is 35.5. The number of benzene rings is 2. The van der Waals surface area contributed by atoms with Gasteiger partial charge in [-0.1, -0.05) is 29.8 Å². The van der Waals surface area contributed by atoms with E-state index in [4.69, 9.17) is 16.3 Å². The highest BCUT2D eigenvalue weighted by Gasteiger charge is 2.19. The van der Waals surface area contributed by atoms with Gasteiger partial charge >= 0.3 is 5.97 Å². The molecule has 0 N–H and O–H groups in total. The molecule has 3 aromatic rings. The van der Waals surface area contributed by atoms with Crippen LogP contribution in [0.25, 0.3) is 16.6 Å². The van der Waals surface area contributed by atoms with Crippen LogP contribution in [0, 0.1) is 5.82 Å². The molecule has 0 aliphatic carbocycles. The summed E-state index contributed by atoms with van der Waals surface area (Å²) in [4.78, 5) is 12.2. The highest BCUT2D eigenvalue weighted by molar-refractivity contribution is 6.31. The number of para-hydroxylation sites is 1. The number of carbonyl (C=O) groups is 1. The predicted molar refractivity (Wildman–Crippen MR) is 84.2 cm³/mol. The summed E-state index contributed by atoms with van der Waals surface area (Å²) in [5.74, 6) is -0.927. The quantitative estimate of drug-likeness (QED) is 0.661. The summed E-state index contributed by atoms with van der Waals surface area (Å²) >= 11 is 6.04. The van der Waals surface area contributed by atoms with Gasteiger partial charge in [-0.2, -0.15) is 0 Å². The number of hydrogen-bond acceptors (Lipinski definition) is 2. The number of halogens is 2. The third-order valence-electron chi connectivity index (χ3n) is 3.34. The number of fused-ring (bicyclic) bond motifs is 1. The molecule has 0 amide bonds. The van der Waals surface area contributed by atoms with Crippen molar-refractivity contribution in [2.24, 2.45) is 0 Å². The lowest BCUT2D eigenvalue weighted by Crippen LogP contribution is -2.11. The molecule has 1 aromatic heterocycles. The lowest BCUT2D eigenvalue weighted by atomic mass is 10.2. The van der Waals surface area contributed by atoms with Crippen molar-refractivity contribution >= 4 is 28.5 Å². The molecule has 0 fully saturated rings. The molecule has 0 saturated carbocycles. The minimum absolute atomic E-state index is 0.248. The van der Waals surface area contributed by atoms with Crippen molar-refractivity contribution in [2.75, 3.05) is 6.61 Å². The summed E-state index contributed by atoms with van der Waals surface area (Å²) < 4.78 is 20.8. The van der Waals surface area contributed by atoms with Crippen LogP contribution in [0.3, 0.4) is 0 Å². The van der Waals surface area contributed by atoms with E-state index in [-0.39, 0.29) is 18.0 Å². The minimum atomic E-state index is -0.502. The lowest BCUT2D eigenvalue weighted by molar-refractivity contribution is 0.0517. The van der Waals surface area contributed by atoms with Crippen molar-refractivity contribution in [3.63, 3.8) is 0 Å². The van der Waals surface area contributed by atoms with Crippen LogP contribution in [-0.4, -0.2) is 17.1 Å². The second kappa shape index (κ2) is 5.81. The standard InChI is InChI=1S/C17H13ClFNO2/c1-2-22-17(21)16-9-11-7-8-12(18)10-15(11)20(16)14-6-4-3-5-13(14)19/h3-10H,2H2,1H3. The third kappa shape index (κ3) is 2.46. The van der Waals surface area contributed by atoms with Gasteiger partial charge in [-0.3, -0.25) is 0 Å². The normalized spacial score (nSPS) is 10.9. The van der Waals surface area contributed by atoms with Gasteiger partial charge in [-0.05, 0) is 37.3 Å². The van der Waals surface area contributed by atoms with Crippen molar-refractivity contribution in [3.8, 4) is 5.69 Å². The molecule has 0 atom stereocenters. The molecule has 2 aromatic carbocycles. The fourth-order valence-corrected chi connectivity index (χ4v) is 2.59. The first-order valence-electron chi connectivity index (χ1n) is 6.85. The van der Waals surface area contributed by atoms with E-state index in [0.717, 1.165) is 5.39 Å². The van der Waals surface area contributed by atoms with Gasteiger partial charge in [-0.25, -0.2) is 9.18 Å². The summed E-state index contributed by atoms with van der Waals surface area (Å²) in [5, 5.41) is 1.30. The van der Waals surface area contributed by atoms with Gasteiger partial charge in [0.2, 0.25) is 0 Å². The number of esters is 1. The number of rotatable bonds is 3. The number of nitrogens with zero attached hydrogens (tertiary/aromatic N) is 1. The summed E-state index contributed by atoms with van der Waals surface area (Å²) in [7, 11) is 0.